The molecular formula is C11H22N2. The van der Waals surface area contributed by atoms with Crippen LogP contribution in [0.15, 0.2) is 0 Å². The smallest absolute Gasteiger partial charge is 0.0148 e. The summed E-state index contributed by atoms with van der Waals surface area (Å²) in [6, 6.07) is 0.802. The molecular weight excluding hydrogens is 160 g/mol. The molecule has 0 bridgehead atoms. The van der Waals surface area contributed by atoms with Gasteiger partial charge in [-0.3, -0.25) is 0 Å². The molecule has 0 spiro atoms. The Morgan fingerprint density at radius 1 is 1.38 bits per heavy atom. The Bertz CT molecular complexity index is 179. The summed E-state index contributed by atoms with van der Waals surface area (Å²) in [5.41, 5.74) is 0.590. The minimum Gasteiger partial charge on any atom is -0.316 e. The van der Waals surface area contributed by atoms with Gasteiger partial charge in [0, 0.05) is 12.6 Å². The van der Waals surface area contributed by atoms with Crippen molar-refractivity contribution < 1.29 is 0 Å². The zero-order valence-corrected chi connectivity index (χ0v) is 8.90. The van der Waals surface area contributed by atoms with Gasteiger partial charge in [0.15, 0.2) is 0 Å². The largest absolute Gasteiger partial charge is 0.316 e. The van der Waals surface area contributed by atoms with Crippen molar-refractivity contribution in [2.75, 3.05) is 19.6 Å². The van der Waals surface area contributed by atoms with E-state index in [0.717, 1.165) is 12.0 Å². The molecule has 0 amide bonds. The highest BCUT2D eigenvalue weighted by molar-refractivity contribution is 5.01. The van der Waals surface area contributed by atoms with Gasteiger partial charge < -0.3 is 10.6 Å². The zero-order valence-electron chi connectivity index (χ0n) is 8.90. The van der Waals surface area contributed by atoms with E-state index < -0.39 is 0 Å². The highest BCUT2D eigenvalue weighted by Crippen LogP contribution is 2.40. The summed E-state index contributed by atoms with van der Waals surface area (Å²) < 4.78 is 0. The van der Waals surface area contributed by atoms with E-state index >= 15 is 0 Å². The molecule has 0 aromatic carbocycles. The van der Waals surface area contributed by atoms with E-state index in [1.165, 1.54) is 38.9 Å². The van der Waals surface area contributed by atoms with Gasteiger partial charge in [-0.05, 0) is 43.7 Å². The Morgan fingerprint density at radius 2 is 2.23 bits per heavy atom. The summed E-state index contributed by atoms with van der Waals surface area (Å²) in [6.45, 7) is 8.37. The zero-order chi connectivity index (χ0) is 9.31. The minimum absolute atomic E-state index is 0.590. The molecule has 2 heteroatoms. The average Bonchev–Trinajstić information content (AvgIpc) is 2.45. The van der Waals surface area contributed by atoms with Crippen LogP contribution < -0.4 is 10.6 Å². The van der Waals surface area contributed by atoms with Gasteiger partial charge in [0.2, 0.25) is 0 Å². The van der Waals surface area contributed by atoms with E-state index in [1.54, 1.807) is 0 Å². The highest BCUT2D eigenvalue weighted by Gasteiger charge is 2.43. The molecule has 2 rings (SSSR count). The number of rotatable bonds is 2. The molecule has 2 saturated heterocycles. The Morgan fingerprint density at radius 3 is 3.00 bits per heavy atom. The molecule has 0 aromatic heterocycles. The molecule has 0 aromatic rings. The maximum Gasteiger partial charge on any atom is 0.0148 e. The standard InChI is InChI=1S/C11H22N2/c1-9(2)7-11-4-6-13-10(11)3-5-12-8-11/h9-10,12-13H,3-8H2,1-2H3. The van der Waals surface area contributed by atoms with Crippen LogP contribution in [0.2, 0.25) is 0 Å². The number of nitrogens with one attached hydrogen (secondary N) is 2. The first kappa shape index (κ1) is 9.47. The molecule has 2 aliphatic rings. The van der Waals surface area contributed by atoms with Crippen molar-refractivity contribution in [1.82, 2.24) is 10.6 Å². The Hall–Kier alpha value is -0.0800. The molecule has 2 fully saturated rings. The molecule has 2 unspecified atom stereocenters. The van der Waals surface area contributed by atoms with Crippen molar-refractivity contribution in [3.8, 4) is 0 Å². The first-order valence-corrected chi connectivity index (χ1v) is 5.67. The van der Waals surface area contributed by atoms with Gasteiger partial charge in [0.1, 0.15) is 0 Å². The van der Waals surface area contributed by atoms with Crippen LogP contribution in [-0.2, 0) is 0 Å². The van der Waals surface area contributed by atoms with Gasteiger partial charge in [-0.25, -0.2) is 0 Å². The van der Waals surface area contributed by atoms with Crippen LogP contribution in [0.25, 0.3) is 0 Å². The Kier molecular flexibility index (Phi) is 2.61. The van der Waals surface area contributed by atoms with Crippen molar-refractivity contribution in [2.45, 2.75) is 39.2 Å². The lowest BCUT2D eigenvalue weighted by Crippen LogP contribution is -2.50. The van der Waals surface area contributed by atoms with Gasteiger partial charge >= 0.3 is 0 Å². The van der Waals surface area contributed by atoms with Crippen LogP contribution in [0.3, 0.4) is 0 Å². The predicted octanol–water partition coefficient (Wildman–Crippen LogP) is 1.37. The second-order valence-electron chi connectivity index (χ2n) is 5.18. The molecule has 0 radical (unpaired) electrons. The third kappa shape index (κ3) is 1.75. The summed E-state index contributed by atoms with van der Waals surface area (Å²) >= 11 is 0. The average molecular weight is 182 g/mol. The summed E-state index contributed by atoms with van der Waals surface area (Å²) in [6.07, 6.45) is 4.09. The second-order valence-corrected chi connectivity index (χ2v) is 5.18. The van der Waals surface area contributed by atoms with Crippen LogP contribution in [0.4, 0.5) is 0 Å². The van der Waals surface area contributed by atoms with Crippen LogP contribution >= 0.6 is 0 Å². The molecule has 2 nitrogen and oxygen atoms in total. The third-order valence-corrected chi connectivity index (χ3v) is 3.65. The lowest BCUT2D eigenvalue weighted by Gasteiger charge is -2.40. The van der Waals surface area contributed by atoms with E-state index in [-0.39, 0.29) is 0 Å². The van der Waals surface area contributed by atoms with Gasteiger partial charge in [-0.1, -0.05) is 13.8 Å². The maximum absolute atomic E-state index is 3.66. The summed E-state index contributed by atoms with van der Waals surface area (Å²) in [7, 11) is 0. The highest BCUT2D eigenvalue weighted by atomic mass is 15.0. The molecule has 0 saturated carbocycles. The minimum atomic E-state index is 0.590. The van der Waals surface area contributed by atoms with Crippen molar-refractivity contribution in [3.63, 3.8) is 0 Å². The second kappa shape index (κ2) is 3.58. The molecule has 2 atom stereocenters. The molecule has 2 aliphatic heterocycles. The SMILES string of the molecule is CC(C)CC12CCNC1CCNC2. The first-order valence-electron chi connectivity index (χ1n) is 5.67. The lowest BCUT2D eigenvalue weighted by atomic mass is 9.71. The van der Waals surface area contributed by atoms with E-state index in [9.17, 15) is 0 Å². The molecule has 76 valence electrons. The number of fused-ring (bicyclic) bond motifs is 1. The van der Waals surface area contributed by atoms with Crippen LogP contribution in [0.5, 0.6) is 0 Å². The quantitative estimate of drug-likeness (QED) is 0.674. The van der Waals surface area contributed by atoms with Crippen molar-refractivity contribution in [3.05, 3.63) is 0 Å². The number of piperidine rings is 1. The predicted molar refractivity (Wildman–Crippen MR) is 55.8 cm³/mol. The Balaban J connectivity index is 2.06. The van der Waals surface area contributed by atoms with Crippen LogP contribution in [0, 0.1) is 11.3 Å². The first-order chi connectivity index (χ1) is 6.23. The van der Waals surface area contributed by atoms with Crippen molar-refractivity contribution in [2.24, 2.45) is 11.3 Å². The Labute approximate surface area is 81.5 Å². The summed E-state index contributed by atoms with van der Waals surface area (Å²) in [4.78, 5) is 0. The van der Waals surface area contributed by atoms with Gasteiger partial charge in [0.25, 0.3) is 0 Å². The number of hydrogen-bond donors (Lipinski definition) is 2. The number of hydrogen-bond acceptors (Lipinski definition) is 2. The van der Waals surface area contributed by atoms with Gasteiger partial charge in [0.05, 0.1) is 0 Å². The maximum atomic E-state index is 3.66. The molecule has 2 N–H and O–H groups in total. The molecule has 13 heavy (non-hydrogen) atoms. The summed E-state index contributed by atoms with van der Waals surface area (Å²) in [5.74, 6) is 0.835. The van der Waals surface area contributed by atoms with E-state index in [2.05, 4.69) is 24.5 Å². The van der Waals surface area contributed by atoms with E-state index in [4.69, 9.17) is 0 Å². The third-order valence-electron chi connectivity index (χ3n) is 3.65. The van der Waals surface area contributed by atoms with Crippen molar-refractivity contribution >= 4 is 0 Å². The van der Waals surface area contributed by atoms with E-state index in [1.807, 2.05) is 0 Å². The fourth-order valence-electron chi connectivity index (χ4n) is 3.22. The monoisotopic (exact) mass is 182 g/mol. The topological polar surface area (TPSA) is 24.1 Å². The fraction of sp³-hybridized carbons (Fsp3) is 1.00. The molecule has 0 aliphatic carbocycles. The van der Waals surface area contributed by atoms with Crippen LogP contribution in [-0.4, -0.2) is 25.7 Å². The van der Waals surface area contributed by atoms with E-state index in [0.29, 0.717) is 5.41 Å². The fourth-order valence-corrected chi connectivity index (χ4v) is 3.22. The van der Waals surface area contributed by atoms with Crippen molar-refractivity contribution in [1.29, 1.82) is 0 Å². The van der Waals surface area contributed by atoms with Crippen LogP contribution in [0.1, 0.15) is 33.1 Å². The lowest BCUT2D eigenvalue weighted by molar-refractivity contribution is 0.154. The summed E-state index contributed by atoms with van der Waals surface area (Å²) in [5, 5.41) is 7.23. The van der Waals surface area contributed by atoms with Gasteiger partial charge in [-0.2, -0.15) is 0 Å². The normalized spacial score (nSPS) is 39.5. The molecule has 2 heterocycles. The van der Waals surface area contributed by atoms with Gasteiger partial charge in [-0.15, -0.1) is 0 Å².